The Labute approximate surface area is 122 Å². The van der Waals surface area contributed by atoms with Gasteiger partial charge in [0.2, 0.25) is 11.7 Å². The Morgan fingerprint density at radius 2 is 2.00 bits per heavy atom. The van der Waals surface area contributed by atoms with Gasteiger partial charge in [0.05, 0.1) is 5.92 Å². The molecule has 21 heavy (non-hydrogen) atoms. The summed E-state index contributed by atoms with van der Waals surface area (Å²) in [5.41, 5.74) is 7.00. The number of benzene rings is 1. The van der Waals surface area contributed by atoms with Crippen LogP contribution in [0.5, 0.6) is 0 Å². The molecule has 1 fully saturated rings. The van der Waals surface area contributed by atoms with E-state index in [-0.39, 0.29) is 12.0 Å². The second kappa shape index (κ2) is 5.00. The lowest BCUT2D eigenvalue weighted by atomic mass is 9.85. The second-order valence-corrected chi connectivity index (χ2v) is 5.66. The van der Waals surface area contributed by atoms with E-state index in [1.807, 2.05) is 30.3 Å². The summed E-state index contributed by atoms with van der Waals surface area (Å²) in [5.74, 6) is 1.94. The van der Waals surface area contributed by atoms with Crippen LogP contribution in [0, 0.1) is 0 Å². The molecule has 2 heterocycles. The van der Waals surface area contributed by atoms with E-state index in [0.717, 1.165) is 23.8 Å². The fraction of sp³-hybridized carbons (Fsp3) is 0.375. The van der Waals surface area contributed by atoms with E-state index in [4.69, 9.17) is 14.7 Å². The Morgan fingerprint density at radius 3 is 2.86 bits per heavy atom. The molecule has 2 N–H and O–H groups in total. The molecule has 2 atom stereocenters. The van der Waals surface area contributed by atoms with Gasteiger partial charge in [0.15, 0.2) is 5.76 Å². The topological polar surface area (TPSA) is 78.1 Å². The number of para-hydroxylation sites is 1. The third-order valence-corrected chi connectivity index (χ3v) is 4.22. The normalized spacial score (nSPS) is 22.7. The maximum absolute atomic E-state index is 6.17. The number of nitrogens with two attached hydrogens (primary N) is 1. The van der Waals surface area contributed by atoms with Gasteiger partial charge >= 0.3 is 0 Å². The highest BCUT2D eigenvalue weighted by molar-refractivity contribution is 5.81. The molecule has 1 aromatic carbocycles. The predicted octanol–water partition coefficient (Wildman–Crippen LogP) is 3.47. The van der Waals surface area contributed by atoms with Crippen LogP contribution >= 0.6 is 0 Å². The highest BCUT2D eigenvalue weighted by Crippen LogP contribution is 2.33. The summed E-state index contributed by atoms with van der Waals surface area (Å²) >= 11 is 0. The standard InChI is InChI=1S/C16H17N3O2/c17-12-7-3-2-6-11(12)16-18-15(19-21-16)14-9-10-5-1-4-8-13(10)20-14/h1,4-5,8-9,11-12H,2-3,6-7,17H2. The minimum Gasteiger partial charge on any atom is -0.453 e. The van der Waals surface area contributed by atoms with E-state index >= 15 is 0 Å². The lowest BCUT2D eigenvalue weighted by molar-refractivity contribution is 0.290. The number of aromatic nitrogens is 2. The summed E-state index contributed by atoms with van der Waals surface area (Å²) in [6.07, 6.45) is 4.39. The molecule has 108 valence electrons. The van der Waals surface area contributed by atoms with Crippen LogP contribution in [0.4, 0.5) is 0 Å². The average Bonchev–Trinajstić information content (AvgIpc) is 3.14. The van der Waals surface area contributed by atoms with Crippen molar-refractivity contribution in [3.8, 4) is 11.6 Å². The molecule has 1 aliphatic carbocycles. The number of rotatable bonds is 2. The zero-order valence-electron chi connectivity index (χ0n) is 11.7. The second-order valence-electron chi connectivity index (χ2n) is 5.66. The van der Waals surface area contributed by atoms with Crippen LogP contribution in [0.15, 0.2) is 39.3 Å². The van der Waals surface area contributed by atoms with Crippen molar-refractivity contribution in [3.63, 3.8) is 0 Å². The van der Waals surface area contributed by atoms with E-state index in [1.54, 1.807) is 0 Å². The van der Waals surface area contributed by atoms with Gasteiger partial charge in [-0.15, -0.1) is 0 Å². The number of furan rings is 1. The van der Waals surface area contributed by atoms with Crippen LogP contribution in [0.1, 0.15) is 37.5 Å². The number of hydrogen-bond acceptors (Lipinski definition) is 5. The van der Waals surface area contributed by atoms with Crippen LogP contribution in [0.2, 0.25) is 0 Å². The van der Waals surface area contributed by atoms with Crippen LogP contribution in [0.3, 0.4) is 0 Å². The van der Waals surface area contributed by atoms with Gasteiger partial charge in [0.1, 0.15) is 5.58 Å². The SMILES string of the molecule is NC1CCCCC1c1nc(-c2cc3ccccc3o2)no1. The van der Waals surface area contributed by atoms with Crippen molar-refractivity contribution in [3.05, 3.63) is 36.2 Å². The Bertz CT molecular complexity index is 729. The molecule has 0 radical (unpaired) electrons. The minimum absolute atomic E-state index is 0.114. The van der Waals surface area contributed by atoms with E-state index in [1.165, 1.54) is 12.8 Å². The first kappa shape index (κ1) is 12.6. The largest absolute Gasteiger partial charge is 0.453 e. The lowest BCUT2D eigenvalue weighted by Gasteiger charge is -2.25. The Balaban J connectivity index is 1.67. The zero-order valence-corrected chi connectivity index (χ0v) is 11.7. The molecule has 1 aliphatic rings. The molecule has 2 unspecified atom stereocenters. The van der Waals surface area contributed by atoms with Crippen LogP contribution in [-0.4, -0.2) is 16.2 Å². The summed E-state index contributed by atoms with van der Waals surface area (Å²) in [7, 11) is 0. The van der Waals surface area contributed by atoms with Crippen molar-refractivity contribution in [2.45, 2.75) is 37.6 Å². The summed E-state index contributed by atoms with van der Waals surface area (Å²) < 4.78 is 11.2. The first-order chi connectivity index (χ1) is 10.3. The van der Waals surface area contributed by atoms with Crippen molar-refractivity contribution in [2.75, 3.05) is 0 Å². The zero-order chi connectivity index (χ0) is 14.2. The molecule has 5 nitrogen and oxygen atoms in total. The van der Waals surface area contributed by atoms with Gasteiger partial charge in [-0.2, -0.15) is 4.98 Å². The highest BCUT2D eigenvalue weighted by Gasteiger charge is 2.28. The fourth-order valence-corrected chi connectivity index (χ4v) is 3.04. The van der Waals surface area contributed by atoms with Crippen molar-refractivity contribution >= 4 is 11.0 Å². The van der Waals surface area contributed by atoms with Crippen LogP contribution in [-0.2, 0) is 0 Å². The third kappa shape index (κ3) is 2.23. The maximum Gasteiger partial charge on any atom is 0.238 e. The van der Waals surface area contributed by atoms with Gasteiger partial charge < -0.3 is 14.7 Å². The van der Waals surface area contributed by atoms with Gasteiger partial charge in [-0.1, -0.05) is 36.2 Å². The molecule has 3 aromatic rings. The van der Waals surface area contributed by atoms with Crippen molar-refractivity contribution < 1.29 is 8.94 Å². The lowest BCUT2D eigenvalue weighted by Crippen LogP contribution is -2.31. The average molecular weight is 283 g/mol. The molecule has 0 amide bonds. The minimum atomic E-state index is 0.114. The number of nitrogens with zero attached hydrogens (tertiary/aromatic N) is 2. The molecular weight excluding hydrogens is 266 g/mol. The first-order valence-electron chi connectivity index (χ1n) is 7.39. The molecule has 5 heteroatoms. The fourth-order valence-electron chi connectivity index (χ4n) is 3.04. The molecule has 0 saturated heterocycles. The Hall–Kier alpha value is -2.14. The summed E-state index contributed by atoms with van der Waals surface area (Å²) in [4.78, 5) is 4.50. The Kier molecular flexibility index (Phi) is 3.00. The molecule has 1 saturated carbocycles. The van der Waals surface area contributed by atoms with Crippen molar-refractivity contribution in [2.24, 2.45) is 5.73 Å². The molecule has 0 bridgehead atoms. The maximum atomic E-state index is 6.17. The predicted molar refractivity (Wildman–Crippen MR) is 78.7 cm³/mol. The summed E-state index contributed by atoms with van der Waals surface area (Å²) in [6, 6.07) is 9.90. The van der Waals surface area contributed by atoms with Crippen LogP contribution in [0.25, 0.3) is 22.6 Å². The van der Waals surface area contributed by atoms with E-state index in [9.17, 15) is 0 Å². The third-order valence-electron chi connectivity index (χ3n) is 4.22. The van der Waals surface area contributed by atoms with E-state index in [0.29, 0.717) is 17.5 Å². The smallest absolute Gasteiger partial charge is 0.238 e. The number of fused-ring (bicyclic) bond motifs is 1. The van der Waals surface area contributed by atoms with E-state index in [2.05, 4.69) is 10.1 Å². The monoisotopic (exact) mass is 283 g/mol. The molecule has 0 aliphatic heterocycles. The highest BCUT2D eigenvalue weighted by atomic mass is 16.5. The quantitative estimate of drug-likeness (QED) is 0.779. The summed E-state index contributed by atoms with van der Waals surface area (Å²) in [5, 5.41) is 5.09. The molecule has 4 rings (SSSR count). The van der Waals surface area contributed by atoms with Crippen LogP contribution < -0.4 is 5.73 Å². The first-order valence-corrected chi connectivity index (χ1v) is 7.39. The summed E-state index contributed by atoms with van der Waals surface area (Å²) in [6.45, 7) is 0. The van der Waals surface area contributed by atoms with Gasteiger partial charge in [-0.3, -0.25) is 0 Å². The van der Waals surface area contributed by atoms with E-state index < -0.39 is 0 Å². The molecule has 0 spiro atoms. The molecule has 2 aromatic heterocycles. The van der Waals surface area contributed by atoms with Crippen molar-refractivity contribution in [1.82, 2.24) is 10.1 Å². The molecular formula is C16H17N3O2. The van der Waals surface area contributed by atoms with Gasteiger partial charge in [0.25, 0.3) is 0 Å². The number of hydrogen-bond donors (Lipinski definition) is 1. The Morgan fingerprint density at radius 1 is 1.14 bits per heavy atom. The van der Waals surface area contributed by atoms with Gasteiger partial charge in [-0.05, 0) is 25.0 Å². The van der Waals surface area contributed by atoms with Gasteiger partial charge in [-0.25, -0.2) is 0 Å². The van der Waals surface area contributed by atoms with Gasteiger partial charge in [0, 0.05) is 11.4 Å². The van der Waals surface area contributed by atoms with Crippen molar-refractivity contribution in [1.29, 1.82) is 0 Å².